The molecule has 0 bridgehead atoms. The molecule has 1 unspecified atom stereocenters. The fourth-order valence-corrected chi connectivity index (χ4v) is 2.82. The van der Waals surface area contributed by atoms with Crippen molar-refractivity contribution in [3.05, 3.63) is 45.6 Å². The Kier molecular flexibility index (Phi) is 4.29. The van der Waals surface area contributed by atoms with Crippen LogP contribution in [0.5, 0.6) is 0 Å². The quantitative estimate of drug-likeness (QED) is 0.667. The SMILES string of the molecule is COC(=O)c1cc(NC(C)c2ccc(C)s2)ccc1N. The van der Waals surface area contributed by atoms with Crippen LogP contribution in [0.1, 0.15) is 33.1 Å². The standard InChI is InChI=1S/C15H18N2O2S/c1-9-4-7-14(20-9)10(2)17-11-5-6-13(16)12(8-11)15(18)19-3/h4-8,10,17H,16H2,1-3H3. The minimum atomic E-state index is -0.425. The molecule has 1 aromatic carbocycles. The third-order valence-corrected chi connectivity index (χ3v) is 4.21. The highest BCUT2D eigenvalue weighted by Gasteiger charge is 2.13. The molecule has 2 aromatic rings. The van der Waals surface area contributed by atoms with Gasteiger partial charge in [-0.05, 0) is 44.2 Å². The van der Waals surface area contributed by atoms with E-state index in [0.717, 1.165) is 5.69 Å². The number of nitrogens with one attached hydrogen (secondary N) is 1. The number of anilines is 2. The zero-order chi connectivity index (χ0) is 14.7. The van der Waals surface area contributed by atoms with Gasteiger partial charge in [-0.25, -0.2) is 4.79 Å². The number of esters is 1. The molecule has 0 saturated carbocycles. The average molecular weight is 290 g/mol. The van der Waals surface area contributed by atoms with Crippen molar-refractivity contribution in [2.24, 2.45) is 0 Å². The molecule has 3 N–H and O–H groups in total. The molecule has 106 valence electrons. The van der Waals surface area contributed by atoms with Crippen LogP contribution in [0.25, 0.3) is 0 Å². The van der Waals surface area contributed by atoms with Crippen LogP contribution < -0.4 is 11.1 Å². The van der Waals surface area contributed by atoms with Gasteiger partial charge in [-0.2, -0.15) is 0 Å². The number of nitrogens with two attached hydrogens (primary N) is 1. The molecular formula is C15H18N2O2S. The van der Waals surface area contributed by atoms with Gasteiger partial charge in [-0.1, -0.05) is 0 Å². The highest BCUT2D eigenvalue weighted by molar-refractivity contribution is 7.12. The third kappa shape index (κ3) is 3.11. The number of ether oxygens (including phenoxy) is 1. The highest BCUT2D eigenvalue weighted by Crippen LogP contribution is 2.27. The van der Waals surface area contributed by atoms with Crippen molar-refractivity contribution in [1.29, 1.82) is 0 Å². The van der Waals surface area contributed by atoms with Gasteiger partial charge in [0.25, 0.3) is 0 Å². The topological polar surface area (TPSA) is 64.3 Å². The lowest BCUT2D eigenvalue weighted by atomic mass is 10.1. The number of nitrogen functional groups attached to an aromatic ring is 1. The predicted molar refractivity (Wildman–Crippen MR) is 83.3 cm³/mol. The molecule has 0 amide bonds. The van der Waals surface area contributed by atoms with Crippen molar-refractivity contribution in [2.75, 3.05) is 18.2 Å². The minimum absolute atomic E-state index is 0.169. The van der Waals surface area contributed by atoms with Gasteiger partial charge in [0.2, 0.25) is 0 Å². The number of hydrogen-bond acceptors (Lipinski definition) is 5. The van der Waals surface area contributed by atoms with Gasteiger partial charge in [0.1, 0.15) is 0 Å². The van der Waals surface area contributed by atoms with Crippen LogP contribution in [0.2, 0.25) is 0 Å². The van der Waals surface area contributed by atoms with Gasteiger partial charge in [0.05, 0.1) is 18.7 Å². The molecule has 0 aliphatic heterocycles. The molecule has 5 heteroatoms. The number of carbonyl (C=O) groups is 1. The summed E-state index contributed by atoms with van der Waals surface area (Å²) in [5, 5.41) is 3.37. The third-order valence-electron chi connectivity index (χ3n) is 3.03. The Hall–Kier alpha value is -2.01. The van der Waals surface area contributed by atoms with Crippen molar-refractivity contribution in [3.63, 3.8) is 0 Å². The molecule has 1 aromatic heterocycles. The number of thiophene rings is 1. The first-order valence-electron chi connectivity index (χ1n) is 6.32. The van der Waals surface area contributed by atoms with Crippen molar-refractivity contribution >= 4 is 28.7 Å². The summed E-state index contributed by atoms with van der Waals surface area (Å²) < 4.78 is 4.72. The molecule has 2 rings (SSSR count). The van der Waals surface area contributed by atoms with Gasteiger partial charge >= 0.3 is 5.97 Å². The maximum absolute atomic E-state index is 11.6. The predicted octanol–water partition coefficient (Wildman–Crippen LogP) is 3.60. The van der Waals surface area contributed by atoms with E-state index in [1.54, 1.807) is 23.5 Å². The number of methoxy groups -OCH3 is 1. The van der Waals surface area contributed by atoms with Crippen molar-refractivity contribution < 1.29 is 9.53 Å². The van der Waals surface area contributed by atoms with Gasteiger partial charge in [0, 0.05) is 21.1 Å². The van der Waals surface area contributed by atoms with E-state index in [0.29, 0.717) is 11.3 Å². The fourth-order valence-electron chi connectivity index (χ4n) is 1.94. The summed E-state index contributed by atoms with van der Waals surface area (Å²) in [5.41, 5.74) is 7.43. The normalized spacial score (nSPS) is 11.9. The highest BCUT2D eigenvalue weighted by atomic mass is 32.1. The number of rotatable bonds is 4. The lowest BCUT2D eigenvalue weighted by molar-refractivity contribution is 0.0602. The van der Waals surface area contributed by atoms with E-state index in [-0.39, 0.29) is 6.04 Å². The number of benzene rings is 1. The van der Waals surface area contributed by atoms with Gasteiger partial charge in [-0.3, -0.25) is 0 Å². The monoisotopic (exact) mass is 290 g/mol. The lowest BCUT2D eigenvalue weighted by Gasteiger charge is -2.15. The molecule has 0 aliphatic carbocycles. The Labute approximate surface area is 122 Å². The molecule has 0 aliphatic rings. The molecule has 0 spiro atoms. The molecule has 0 radical (unpaired) electrons. The Morgan fingerprint density at radius 2 is 2.10 bits per heavy atom. The molecule has 20 heavy (non-hydrogen) atoms. The molecule has 1 atom stereocenters. The second-order valence-electron chi connectivity index (χ2n) is 4.61. The number of carbonyl (C=O) groups excluding carboxylic acids is 1. The van der Waals surface area contributed by atoms with Crippen molar-refractivity contribution in [3.8, 4) is 0 Å². The number of hydrogen-bond donors (Lipinski definition) is 2. The largest absolute Gasteiger partial charge is 0.465 e. The minimum Gasteiger partial charge on any atom is -0.465 e. The van der Waals surface area contributed by atoms with Crippen LogP contribution in [-0.2, 0) is 4.74 Å². The molecule has 4 nitrogen and oxygen atoms in total. The van der Waals surface area contributed by atoms with Crippen LogP contribution in [0.15, 0.2) is 30.3 Å². The number of aryl methyl sites for hydroxylation is 1. The van der Waals surface area contributed by atoms with Gasteiger partial charge in [-0.15, -0.1) is 11.3 Å². The molecule has 0 saturated heterocycles. The van der Waals surface area contributed by atoms with E-state index in [1.165, 1.54) is 16.9 Å². The first kappa shape index (κ1) is 14.4. The molecule has 1 heterocycles. The summed E-state index contributed by atoms with van der Waals surface area (Å²) in [6.45, 7) is 4.17. The van der Waals surface area contributed by atoms with Crippen LogP contribution in [0, 0.1) is 6.92 Å². The second-order valence-corrected chi connectivity index (χ2v) is 5.93. The summed E-state index contributed by atoms with van der Waals surface area (Å²) in [7, 11) is 1.35. The molecular weight excluding hydrogens is 272 g/mol. The Bertz CT molecular complexity index is 622. The van der Waals surface area contributed by atoms with E-state index in [9.17, 15) is 4.79 Å². The first-order valence-corrected chi connectivity index (χ1v) is 7.13. The summed E-state index contributed by atoms with van der Waals surface area (Å²) >= 11 is 1.75. The Morgan fingerprint density at radius 3 is 2.70 bits per heavy atom. The zero-order valence-corrected chi connectivity index (χ0v) is 12.6. The van der Waals surface area contributed by atoms with E-state index in [2.05, 4.69) is 31.3 Å². The first-order chi connectivity index (χ1) is 9.51. The van der Waals surface area contributed by atoms with E-state index < -0.39 is 5.97 Å². The average Bonchev–Trinajstić information content (AvgIpc) is 2.87. The summed E-state index contributed by atoms with van der Waals surface area (Å²) in [4.78, 5) is 14.1. The summed E-state index contributed by atoms with van der Waals surface area (Å²) in [5.74, 6) is -0.425. The maximum Gasteiger partial charge on any atom is 0.340 e. The van der Waals surface area contributed by atoms with Gasteiger partial charge in [0.15, 0.2) is 0 Å². The van der Waals surface area contributed by atoms with E-state index in [1.807, 2.05) is 6.07 Å². The van der Waals surface area contributed by atoms with Crippen molar-refractivity contribution in [1.82, 2.24) is 0 Å². The smallest absolute Gasteiger partial charge is 0.340 e. The van der Waals surface area contributed by atoms with Crippen LogP contribution >= 0.6 is 11.3 Å². The fraction of sp³-hybridized carbons (Fsp3) is 0.267. The molecule has 0 fully saturated rings. The lowest BCUT2D eigenvalue weighted by Crippen LogP contribution is -2.09. The van der Waals surface area contributed by atoms with E-state index in [4.69, 9.17) is 10.5 Å². The van der Waals surface area contributed by atoms with Crippen molar-refractivity contribution in [2.45, 2.75) is 19.9 Å². The van der Waals surface area contributed by atoms with Crippen LogP contribution in [-0.4, -0.2) is 13.1 Å². The zero-order valence-electron chi connectivity index (χ0n) is 11.8. The Morgan fingerprint density at radius 1 is 1.35 bits per heavy atom. The second kappa shape index (κ2) is 5.96. The Balaban J connectivity index is 2.19. The van der Waals surface area contributed by atoms with Crippen LogP contribution in [0.3, 0.4) is 0 Å². The summed E-state index contributed by atoms with van der Waals surface area (Å²) in [6.07, 6.45) is 0. The summed E-state index contributed by atoms with van der Waals surface area (Å²) in [6, 6.07) is 9.66. The van der Waals surface area contributed by atoms with Gasteiger partial charge < -0.3 is 15.8 Å². The van der Waals surface area contributed by atoms with Crippen LogP contribution in [0.4, 0.5) is 11.4 Å². The van der Waals surface area contributed by atoms with E-state index >= 15 is 0 Å². The maximum atomic E-state index is 11.6.